The van der Waals surface area contributed by atoms with Crippen LogP contribution in [0.25, 0.3) is 22.4 Å². The van der Waals surface area contributed by atoms with Gasteiger partial charge in [0.05, 0.1) is 18.1 Å². The second-order valence-corrected chi connectivity index (χ2v) is 11.6. The number of piperazine rings is 1. The standard InChI is InChI=1S/C27H28N4O7S2/c1-3-36-20-7-10-23-19(15-20)16-24(38-23)22-17-39-26(28-22)29-25(32)18-5-8-21(9-6-18)40(34,35)31-13-11-30(12-14-31)27(33)37-4-2/h5-10,15-17H,3-4,11-14H2,1-2H3,(H,28,29,32). The smallest absolute Gasteiger partial charge is 0.409 e. The maximum atomic E-state index is 13.1. The van der Waals surface area contributed by atoms with Gasteiger partial charge in [-0.05, 0) is 62.4 Å². The van der Waals surface area contributed by atoms with Crippen molar-refractivity contribution in [2.24, 2.45) is 0 Å². The number of carbonyl (C=O) groups excluding carboxylic acids is 2. The lowest BCUT2D eigenvalue weighted by Crippen LogP contribution is -2.50. The van der Waals surface area contributed by atoms with Gasteiger partial charge in [0.2, 0.25) is 10.0 Å². The molecule has 0 spiro atoms. The molecule has 0 atom stereocenters. The molecule has 11 nitrogen and oxygen atoms in total. The highest BCUT2D eigenvalue weighted by molar-refractivity contribution is 7.89. The molecule has 40 heavy (non-hydrogen) atoms. The van der Waals surface area contributed by atoms with Gasteiger partial charge in [-0.2, -0.15) is 4.31 Å². The van der Waals surface area contributed by atoms with Crippen LogP contribution in [0.1, 0.15) is 24.2 Å². The van der Waals surface area contributed by atoms with Crippen molar-refractivity contribution in [2.75, 3.05) is 44.7 Å². The van der Waals surface area contributed by atoms with Gasteiger partial charge in [-0.1, -0.05) is 0 Å². The van der Waals surface area contributed by atoms with E-state index in [1.165, 1.54) is 44.8 Å². The summed E-state index contributed by atoms with van der Waals surface area (Å²) in [7, 11) is -3.78. The molecule has 2 aromatic carbocycles. The molecular formula is C27H28N4O7S2. The number of sulfonamides is 1. The Hall–Kier alpha value is -3.94. The number of aromatic nitrogens is 1. The SMILES string of the molecule is CCOC(=O)N1CCN(S(=O)(=O)c2ccc(C(=O)Nc3nc(-c4cc5cc(OCC)ccc5o4)cs3)cc2)CC1. The number of furan rings is 1. The molecule has 210 valence electrons. The molecule has 2 amide bonds. The van der Waals surface area contributed by atoms with Crippen molar-refractivity contribution >= 4 is 49.5 Å². The largest absolute Gasteiger partial charge is 0.494 e. The van der Waals surface area contributed by atoms with Crippen LogP contribution >= 0.6 is 11.3 Å². The number of benzene rings is 2. The van der Waals surface area contributed by atoms with E-state index >= 15 is 0 Å². The number of rotatable bonds is 8. The topological polar surface area (TPSA) is 131 Å². The molecule has 1 fully saturated rings. The number of thiazole rings is 1. The summed E-state index contributed by atoms with van der Waals surface area (Å²) in [5, 5.41) is 5.80. The molecule has 1 aliphatic rings. The molecule has 0 radical (unpaired) electrons. The first-order chi connectivity index (χ1) is 19.3. The van der Waals surface area contributed by atoms with E-state index in [0.29, 0.717) is 28.8 Å². The number of hydrogen-bond donors (Lipinski definition) is 1. The van der Waals surface area contributed by atoms with E-state index in [-0.39, 0.29) is 43.2 Å². The molecule has 5 rings (SSSR count). The van der Waals surface area contributed by atoms with Gasteiger partial charge < -0.3 is 18.8 Å². The molecule has 1 N–H and O–H groups in total. The highest BCUT2D eigenvalue weighted by Crippen LogP contribution is 2.32. The minimum atomic E-state index is -3.78. The third-order valence-electron chi connectivity index (χ3n) is 6.29. The molecule has 1 aliphatic heterocycles. The minimum absolute atomic E-state index is 0.0718. The summed E-state index contributed by atoms with van der Waals surface area (Å²) in [6.45, 7) is 5.29. The Labute approximate surface area is 235 Å². The van der Waals surface area contributed by atoms with Gasteiger partial charge in [0.15, 0.2) is 10.9 Å². The van der Waals surface area contributed by atoms with Crippen molar-refractivity contribution in [1.82, 2.24) is 14.2 Å². The van der Waals surface area contributed by atoms with Crippen molar-refractivity contribution in [3.05, 3.63) is 59.5 Å². The van der Waals surface area contributed by atoms with E-state index < -0.39 is 22.0 Å². The average molecular weight is 585 g/mol. The average Bonchev–Trinajstić information content (AvgIpc) is 3.60. The zero-order valence-corrected chi connectivity index (χ0v) is 23.6. The van der Waals surface area contributed by atoms with E-state index in [1.54, 1.807) is 12.3 Å². The fourth-order valence-electron chi connectivity index (χ4n) is 4.27. The van der Waals surface area contributed by atoms with E-state index in [2.05, 4.69) is 10.3 Å². The first-order valence-corrected chi connectivity index (χ1v) is 15.1. The summed E-state index contributed by atoms with van der Waals surface area (Å²) in [5.74, 6) is 0.904. The summed E-state index contributed by atoms with van der Waals surface area (Å²) < 4.78 is 43.9. The number of fused-ring (bicyclic) bond motifs is 1. The second-order valence-electron chi connectivity index (χ2n) is 8.85. The molecule has 1 saturated heterocycles. The molecule has 2 aromatic heterocycles. The van der Waals surface area contributed by atoms with Crippen LogP contribution in [0.3, 0.4) is 0 Å². The van der Waals surface area contributed by atoms with Gasteiger partial charge in [0, 0.05) is 42.5 Å². The van der Waals surface area contributed by atoms with E-state index in [9.17, 15) is 18.0 Å². The Balaban J connectivity index is 1.22. The predicted octanol–water partition coefficient (Wildman–Crippen LogP) is 4.67. The van der Waals surface area contributed by atoms with E-state index in [1.807, 2.05) is 31.2 Å². The van der Waals surface area contributed by atoms with Gasteiger partial charge in [-0.25, -0.2) is 18.2 Å². The van der Waals surface area contributed by atoms with Gasteiger partial charge >= 0.3 is 6.09 Å². The van der Waals surface area contributed by atoms with Crippen LogP contribution in [-0.2, 0) is 14.8 Å². The summed E-state index contributed by atoms with van der Waals surface area (Å²) in [6.07, 6.45) is -0.448. The fourth-order valence-corrected chi connectivity index (χ4v) is 6.39. The maximum absolute atomic E-state index is 13.1. The number of amides is 2. The Morgan fingerprint density at radius 1 is 1.02 bits per heavy atom. The van der Waals surface area contributed by atoms with Crippen LogP contribution in [0.5, 0.6) is 5.75 Å². The highest BCUT2D eigenvalue weighted by Gasteiger charge is 2.30. The Morgan fingerprint density at radius 3 is 2.48 bits per heavy atom. The van der Waals surface area contributed by atoms with Crippen molar-refractivity contribution < 1.29 is 31.9 Å². The number of nitrogens with zero attached hydrogens (tertiary/aromatic N) is 3. The van der Waals surface area contributed by atoms with Crippen molar-refractivity contribution in [1.29, 1.82) is 0 Å². The summed E-state index contributed by atoms with van der Waals surface area (Å²) in [4.78, 5) is 30.7. The Bertz CT molecular complexity index is 1620. The third kappa shape index (κ3) is 5.81. The van der Waals surface area contributed by atoms with Gasteiger partial charge in [0.25, 0.3) is 5.91 Å². The summed E-state index contributed by atoms with van der Waals surface area (Å²) >= 11 is 1.25. The Kier molecular flexibility index (Phi) is 8.05. The van der Waals surface area contributed by atoms with E-state index in [4.69, 9.17) is 13.9 Å². The zero-order valence-electron chi connectivity index (χ0n) is 22.0. The minimum Gasteiger partial charge on any atom is -0.494 e. The summed E-state index contributed by atoms with van der Waals surface area (Å²) in [6, 6.07) is 13.2. The van der Waals surface area contributed by atoms with Crippen LogP contribution in [0.4, 0.5) is 9.93 Å². The maximum Gasteiger partial charge on any atom is 0.409 e. The van der Waals surface area contributed by atoms with E-state index in [0.717, 1.165) is 11.1 Å². The number of hydrogen-bond acceptors (Lipinski definition) is 9. The number of ether oxygens (including phenoxy) is 2. The van der Waals surface area contributed by atoms with Crippen LogP contribution in [0.2, 0.25) is 0 Å². The van der Waals surface area contributed by atoms with Crippen LogP contribution < -0.4 is 10.1 Å². The molecule has 3 heterocycles. The number of anilines is 1. The lowest BCUT2D eigenvalue weighted by atomic mass is 10.2. The van der Waals surface area contributed by atoms with Gasteiger partial charge in [0.1, 0.15) is 17.0 Å². The van der Waals surface area contributed by atoms with Crippen LogP contribution in [0.15, 0.2) is 63.2 Å². The first kappa shape index (κ1) is 27.6. The van der Waals surface area contributed by atoms with Gasteiger partial charge in [-0.15, -0.1) is 11.3 Å². The van der Waals surface area contributed by atoms with Crippen molar-refractivity contribution in [3.8, 4) is 17.2 Å². The molecule has 0 aliphatic carbocycles. The Morgan fingerprint density at radius 2 is 1.77 bits per heavy atom. The molecule has 0 unspecified atom stereocenters. The van der Waals surface area contributed by atoms with Crippen LogP contribution in [-0.4, -0.2) is 74.0 Å². The van der Waals surface area contributed by atoms with Gasteiger partial charge in [-0.3, -0.25) is 10.1 Å². The quantitative estimate of drug-likeness (QED) is 0.316. The molecule has 0 saturated carbocycles. The van der Waals surface area contributed by atoms with Crippen molar-refractivity contribution in [3.63, 3.8) is 0 Å². The fraction of sp³-hybridized carbons (Fsp3) is 0.296. The second kappa shape index (κ2) is 11.7. The lowest BCUT2D eigenvalue weighted by Gasteiger charge is -2.33. The van der Waals surface area contributed by atoms with Crippen LogP contribution in [0, 0.1) is 0 Å². The summed E-state index contributed by atoms with van der Waals surface area (Å²) in [5.41, 5.74) is 1.57. The normalized spacial score (nSPS) is 14.3. The molecular weight excluding hydrogens is 556 g/mol. The monoisotopic (exact) mass is 584 g/mol. The molecule has 13 heteroatoms. The highest BCUT2D eigenvalue weighted by atomic mass is 32.2. The first-order valence-electron chi connectivity index (χ1n) is 12.7. The zero-order chi connectivity index (χ0) is 28.3. The predicted molar refractivity (Wildman–Crippen MR) is 150 cm³/mol. The lowest BCUT2D eigenvalue weighted by molar-refractivity contribution is 0.0933. The molecule has 0 bridgehead atoms. The number of carbonyl (C=O) groups is 2. The molecule has 4 aromatic rings. The third-order valence-corrected chi connectivity index (χ3v) is 8.97. The number of nitrogens with one attached hydrogen (secondary N) is 1. The van der Waals surface area contributed by atoms with Crippen molar-refractivity contribution in [2.45, 2.75) is 18.7 Å².